The maximum absolute atomic E-state index is 13.7. The minimum absolute atomic E-state index is 0.0432. The van der Waals surface area contributed by atoms with Crippen molar-refractivity contribution in [3.05, 3.63) is 57.9 Å². The van der Waals surface area contributed by atoms with E-state index in [0.29, 0.717) is 5.56 Å². The van der Waals surface area contributed by atoms with E-state index in [4.69, 9.17) is 4.74 Å². The minimum atomic E-state index is -0.910. The Labute approximate surface area is 125 Å². The van der Waals surface area contributed by atoms with Crippen molar-refractivity contribution in [1.29, 1.82) is 0 Å². The van der Waals surface area contributed by atoms with Crippen LogP contribution < -0.4 is 0 Å². The maximum Gasteiger partial charge on any atom is 0.359 e. The molecule has 0 spiro atoms. The Morgan fingerprint density at radius 1 is 1.45 bits per heavy atom. The molecule has 2 aromatic rings. The second-order valence-electron chi connectivity index (χ2n) is 4.54. The van der Waals surface area contributed by atoms with E-state index in [1.54, 1.807) is 26.0 Å². The fourth-order valence-electron chi connectivity index (χ4n) is 2.06. The number of nitro groups is 1. The van der Waals surface area contributed by atoms with Crippen LogP contribution in [0.3, 0.4) is 0 Å². The van der Waals surface area contributed by atoms with Crippen LogP contribution in [0.2, 0.25) is 0 Å². The van der Waals surface area contributed by atoms with Gasteiger partial charge in [0.2, 0.25) is 5.95 Å². The van der Waals surface area contributed by atoms with Gasteiger partial charge in [0.05, 0.1) is 23.9 Å². The molecule has 0 bridgehead atoms. The molecule has 0 saturated heterocycles. The van der Waals surface area contributed by atoms with Crippen molar-refractivity contribution in [3.8, 4) is 0 Å². The second-order valence-corrected chi connectivity index (χ2v) is 4.54. The molecule has 116 valence electrons. The van der Waals surface area contributed by atoms with E-state index >= 15 is 0 Å². The number of esters is 1. The van der Waals surface area contributed by atoms with E-state index in [-0.39, 0.29) is 18.0 Å². The molecular formula is C14H14FN3O4. The van der Waals surface area contributed by atoms with Gasteiger partial charge in [-0.2, -0.15) is 4.39 Å². The van der Waals surface area contributed by atoms with Crippen molar-refractivity contribution in [2.75, 3.05) is 6.61 Å². The number of imidazole rings is 1. The van der Waals surface area contributed by atoms with E-state index in [0.717, 1.165) is 0 Å². The molecular weight excluding hydrogens is 293 g/mol. The number of nitrogens with zero attached hydrogens (tertiary/aromatic N) is 3. The fourth-order valence-corrected chi connectivity index (χ4v) is 2.06. The second kappa shape index (κ2) is 6.33. The third-order valence-corrected chi connectivity index (χ3v) is 3.22. The van der Waals surface area contributed by atoms with Crippen molar-refractivity contribution >= 4 is 11.7 Å². The monoisotopic (exact) mass is 307 g/mol. The number of non-ortho nitro benzene ring substituents is 1. The van der Waals surface area contributed by atoms with Crippen LogP contribution in [0.5, 0.6) is 0 Å². The number of nitro benzene ring substituents is 1. The summed E-state index contributed by atoms with van der Waals surface area (Å²) in [5, 5.41) is 10.7. The lowest BCUT2D eigenvalue weighted by molar-refractivity contribution is -0.384. The van der Waals surface area contributed by atoms with E-state index in [1.165, 1.54) is 23.0 Å². The number of carbonyl (C=O) groups excluding carboxylic acids is 1. The molecule has 1 atom stereocenters. The lowest BCUT2D eigenvalue weighted by atomic mass is 10.1. The number of hydrogen-bond acceptors (Lipinski definition) is 5. The van der Waals surface area contributed by atoms with E-state index in [9.17, 15) is 19.3 Å². The summed E-state index contributed by atoms with van der Waals surface area (Å²) in [6.07, 6.45) is 1.20. The lowest BCUT2D eigenvalue weighted by Crippen LogP contribution is -2.16. The average molecular weight is 307 g/mol. The fraction of sp³-hybridized carbons (Fsp3) is 0.286. The molecule has 0 saturated carbocycles. The molecule has 1 aromatic carbocycles. The van der Waals surface area contributed by atoms with Gasteiger partial charge >= 0.3 is 5.97 Å². The van der Waals surface area contributed by atoms with Gasteiger partial charge < -0.3 is 9.30 Å². The van der Waals surface area contributed by atoms with E-state index in [1.807, 2.05) is 0 Å². The number of carbonyl (C=O) groups is 1. The highest BCUT2D eigenvalue weighted by Gasteiger charge is 2.24. The first-order valence-electron chi connectivity index (χ1n) is 6.59. The van der Waals surface area contributed by atoms with Crippen LogP contribution in [-0.4, -0.2) is 27.1 Å². The SMILES string of the molecule is CCOC(=O)c1c(F)ncn1[C@H](C)c1ccc([N+](=O)[O-])cc1. The van der Waals surface area contributed by atoms with Crippen LogP contribution in [0.1, 0.15) is 35.9 Å². The zero-order valence-electron chi connectivity index (χ0n) is 12.0. The van der Waals surface area contributed by atoms with Crippen LogP contribution in [0, 0.1) is 16.1 Å². The van der Waals surface area contributed by atoms with Crippen molar-refractivity contribution in [3.63, 3.8) is 0 Å². The van der Waals surface area contributed by atoms with Crippen LogP contribution >= 0.6 is 0 Å². The molecule has 0 aliphatic carbocycles. The van der Waals surface area contributed by atoms with Crippen molar-refractivity contribution in [1.82, 2.24) is 9.55 Å². The largest absolute Gasteiger partial charge is 0.461 e. The number of hydrogen-bond donors (Lipinski definition) is 0. The van der Waals surface area contributed by atoms with Gasteiger partial charge in [0, 0.05) is 12.1 Å². The minimum Gasteiger partial charge on any atom is -0.461 e. The highest BCUT2D eigenvalue weighted by molar-refractivity contribution is 5.87. The summed E-state index contributed by atoms with van der Waals surface area (Å²) < 4.78 is 19.9. The quantitative estimate of drug-likeness (QED) is 0.481. The molecule has 7 nitrogen and oxygen atoms in total. The first kappa shape index (κ1) is 15.6. The van der Waals surface area contributed by atoms with Gasteiger partial charge in [-0.1, -0.05) is 12.1 Å². The lowest BCUT2D eigenvalue weighted by Gasteiger charge is -2.16. The molecule has 0 fully saturated rings. The Kier molecular flexibility index (Phi) is 4.50. The van der Waals surface area contributed by atoms with Crippen LogP contribution in [0.15, 0.2) is 30.6 Å². The number of aromatic nitrogens is 2. The Morgan fingerprint density at radius 2 is 2.09 bits per heavy atom. The van der Waals surface area contributed by atoms with Crippen LogP contribution in [0.4, 0.5) is 10.1 Å². The van der Waals surface area contributed by atoms with Crippen molar-refractivity contribution in [2.24, 2.45) is 0 Å². The number of ether oxygens (including phenoxy) is 1. The predicted octanol–water partition coefficient (Wildman–Crippen LogP) is 2.72. The number of halogens is 1. The highest BCUT2D eigenvalue weighted by atomic mass is 19.1. The molecule has 0 amide bonds. The maximum atomic E-state index is 13.7. The Morgan fingerprint density at radius 3 is 2.64 bits per heavy atom. The topological polar surface area (TPSA) is 87.3 Å². The highest BCUT2D eigenvalue weighted by Crippen LogP contribution is 2.23. The third-order valence-electron chi connectivity index (χ3n) is 3.22. The summed E-state index contributed by atoms with van der Waals surface area (Å²) in [6.45, 7) is 3.47. The summed E-state index contributed by atoms with van der Waals surface area (Å²) in [5.74, 6) is -1.71. The molecule has 2 rings (SSSR count). The zero-order valence-corrected chi connectivity index (χ0v) is 12.0. The summed E-state index contributed by atoms with van der Waals surface area (Å²) in [5.41, 5.74) is 0.361. The van der Waals surface area contributed by atoms with Crippen LogP contribution in [-0.2, 0) is 4.74 Å². The van der Waals surface area contributed by atoms with Gasteiger partial charge in [-0.15, -0.1) is 0 Å². The molecule has 0 aliphatic heterocycles. The molecule has 1 aromatic heterocycles. The molecule has 1 heterocycles. The average Bonchev–Trinajstić information content (AvgIpc) is 2.88. The standard InChI is InChI=1S/C14H14FN3O4/c1-3-22-14(19)12-13(15)16-8-17(12)9(2)10-4-6-11(7-5-10)18(20)21/h4-9H,3H2,1-2H3/t9-/m1/s1. The Bertz CT molecular complexity index is 697. The predicted molar refractivity (Wildman–Crippen MR) is 75.1 cm³/mol. The summed E-state index contributed by atoms with van der Waals surface area (Å²) in [7, 11) is 0. The summed E-state index contributed by atoms with van der Waals surface area (Å²) in [6, 6.07) is 5.37. The van der Waals surface area contributed by atoms with Gasteiger partial charge in [0.1, 0.15) is 0 Å². The first-order valence-corrected chi connectivity index (χ1v) is 6.59. The molecule has 22 heavy (non-hydrogen) atoms. The summed E-state index contributed by atoms with van der Waals surface area (Å²) >= 11 is 0. The van der Waals surface area contributed by atoms with Gasteiger partial charge in [0.25, 0.3) is 5.69 Å². The zero-order chi connectivity index (χ0) is 16.3. The molecule has 0 N–H and O–H groups in total. The molecule has 8 heteroatoms. The molecule has 0 aliphatic rings. The normalized spacial score (nSPS) is 12.0. The van der Waals surface area contributed by atoms with Crippen molar-refractivity contribution < 1.29 is 18.8 Å². The third kappa shape index (κ3) is 2.95. The summed E-state index contributed by atoms with van der Waals surface area (Å²) in [4.78, 5) is 25.5. The smallest absolute Gasteiger partial charge is 0.359 e. The Hall–Kier alpha value is -2.77. The van der Waals surface area contributed by atoms with E-state index in [2.05, 4.69) is 4.98 Å². The Balaban J connectivity index is 2.35. The van der Waals surface area contributed by atoms with Gasteiger partial charge in [0.15, 0.2) is 5.69 Å². The van der Waals surface area contributed by atoms with Gasteiger partial charge in [-0.3, -0.25) is 10.1 Å². The molecule has 0 unspecified atom stereocenters. The van der Waals surface area contributed by atoms with Gasteiger partial charge in [-0.25, -0.2) is 9.78 Å². The number of rotatable bonds is 5. The van der Waals surface area contributed by atoms with Gasteiger partial charge in [-0.05, 0) is 19.4 Å². The van der Waals surface area contributed by atoms with Crippen LogP contribution in [0.25, 0.3) is 0 Å². The van der Waals surface area contributed by atoms with E-state index < -0.39 is 22.9 Å². The van der Waals surface area contributed by atoms with Crippen molar-refractivity contribution in [2.45, 2.75) is 19.9 Å². The number of benzene rings is 1. The first-order chi connectivity index (χ1) is 10.5. The molecule has 0 radical (unpaired) electrons.